The van der Waals surface area contributed by atoms with Crippen LogP contribution in [0.3, 0.4) is 0 Å². The molecule has 1 heterocycles. The van der Waals surface area contributed by atoms with Gasteiger partial charge in [0.05, 0.1) is 6.54 Å². The quantitative estimate of drug-likeness (QED) is 0.406. The fraction of sp³-hybridized carbons (Fsp3) is 0.227. The number of hydrogen-bond donors (Lipinski definition) is 3. The summed E-state index contributed by atoms with van der Waals surface area (Å²) < 4.78 is 20.1. The van der Waals surface area contributed by atoms with Crippen LogP contribution in [-0.2, 0) is 11.3 Å². The average molecular weight is 410 g/mol. The number of carboxylic acid groups (broad SMARTS) is 1. The zero-order chi connectivity index (χ0) is 21.7. The summed E-state index contributed by atoms with van der Waals surface area (Å²) in [6, 6.07) is 16.2. The standard InChI is InChI=1S/C22H23FN4O3/c1-14(16-8-9-18(19(23)10-16)15-6-4-3-5-7-15)20-11-17(26-30-20)12-25-22(24)27(2)13-21(28)29/h3-11,14H,12-13H2,1-2H3,(H2,24,25)(H,28,29). The van der Waals surface area contributed by atoms with E-state index in [9.17, 15) is 9.18 Å². The molecule has 3 N–H and O–H groups in total. The average Bonchev–Trinajstić information content (AvgIpc) is 3.20. The van der Waals surface area contributed by atoms with Gasteiger partial charge in [-0.2, -0.15) is 0 Å². The predicted molar refractivity (Wildman–Crippen MR) is 111 cm³/mol. The summed E-state index contributed by atoms with van der Waals surface area (Å²) in [5.74, 6) is -0.994. The van der Waals surface area contributed by atoms with Crippen LogP contribution in [0.4, 0.5) is 4.39 Å². The summed E-state index contributed by atoms with van der Waals surface area (Å²) in [4.78, 5) is 12.0. The van der Waals surface area contributed by atoms with Crippen LogP contribution in [0.25, 0.3) is 11.1 Å². The molecule has 1 atom stereocenters. The van der Waals surface area contributed by atoms with Crippen molar-refractivity contribution in [3.05, 3.63) is 77.4 Å². The van der Waals surface area contributed by atoms with Crippen molar-refractivity contribution in [3.8, 4) is 11.1 Å². The van der Waals surface area contributed by atoms with Gasteiger partial charge in [-0.1, -0.05) is 54.5 Å². The van der Waals surface area contributed by atoms with E-state index in [1.54, 1.807) is 12.1 Å². The molecule has 30 heavy (non-hydrogen) atoms. The number of hydrogen-bond acceptors (Lipinski definition) is 4. The molecule has 0 fully saturated rings. The fourth-order valence-corrected chi connectivity index (χ4v) is 3.02. The molecule has 156 valence electrons. The Morgan fingerprint density at radius 1 is 1.27 bits per heavy atom. The Hall–Kier alpha value is -3.68. The van der Waals surface area contributed by atoms with Gasteiger partial charge >= 0.3 is 5.97 Å². The molecule has 0 radical (unpaired) electrons. The number of benzene rings is 2. The zero-order valence-electron chi connectivity index (χ0n) is 16.7. The van der Waals surface area contributed by atoms with E-state index in [1.807, 2.05) is 43.3 Å². The minimum Gasteiger partial charge on any atom is -0.480 e. The number of carbonyl (C=O) groups is 1. The van der Waals surface area contributed by atoms with Gasteiger partial charge in [-0.25, -0.2) is 4.39 Å². The van der Waals surface area contributed by atoms with Gasteiger partial charge in [0.1, 0.15) is 23.8 Å². The van der Waals surface area contributed by atoms with E-state index in [-0.39, 0.29) is 30.8 Å². The SMILES string of the molecule is CC(c1ccc(-c2ccccc2)c(F)c1)c1cc(CNC(=N)N(C)CC(=O)O)no1. The first-order valence-electron chi connectivity index (χ1n) is 9.41. The normalized spacial score (nSPS) is 11.7. The van der Waals surface area contributed by atoms with Crippen molar-refractivity contribution in [1.82, 2.24) is 15.4 Å². The van der Waals surface area contributed by atoms with Crippen molar-refractivity contribution >= 4 is 11.9 Å². The van der Waals surface area contributed by atoms with E-state index in [4.69, 9.17) is 15.0 Å². The first kappa shape index (κ1) is 21.0. The third kappa shape index (κ3) is 5.02. The third-order valence-electron chi connectivity index (χ3n) is 4.77. The van der Waals surface area contributed by atoms with Crippen LogP contribution >= 0.6 is 0 Å². The number of guanidine groups is 1. The van der Waals surface area contributed by atoms with Crippen molar-refractivity contribution in [1.29, 1.82) is 5.41 Å². The monoisotopic (exact) mass is 410 g/mol. The molecule has 0 aliphatic rings. The van der Waals surface area contributed by atoms with Crippen LogP contribution in [0.15, 0.2) is 59.1 Å². The minimum atomic E-state index is -1.02. The van der Waals surface area contributed by atoms with Crippen LogP contribution in [0.5, 0.6) is 0 Å². The lowest BCUT2D eigenvalue weighted by Gasteiger charge is -2.17. The Balaban J connectivity index is 1.66. The molecule has 0 aliphatic heterocycles. The van der Waals surface area contributed by atoms with E-state index < -0.39 is 5.97 Å². The van der Waals surface area contributed by atoms with Crippen LogP contribution in [0.1, 0.15) is 29.9 Å². The van der Waals surface area contributed by atoms with E-state index >= 15 is 0 Å². The number of likely N-dealkylation sites (N-methyl/N-ethyl adjacent to an activating group) is 1. The highest BCUT2D eigenvalue weighted by Gasteiger charge is 2.17. The molecule has 0 saturated heterocycles. The maximum atomic E-state index is 14.7. The molecule has 1 aromatic heterocycles. The lowest BCUT2D eigenvalue weighted by atomic mass is 9.95. The zero-order valence-corrected chi connectivity index (χ0v) is 16.7. The molecule has 0 aliphatic carbocycles. The maximum Gasteiger partial charge on any atom is 0.323 e. The highest BCUT2D eigenvalue weighted by molar-refractivity contribution is 5.81. The van der Waals surface area contributed by atoms with Gasteiger partial charge < -0.3 is 19.8 Å². The molecule has 7 nitrogen and oxygen atoms in total. The second-order valence-electron chi connectivity index (χ2n) is 7.00. The van der Waals surface area contributed by atoms with E-state index in [0.717, 1.165) is 11.1 Å². The number of halogens is 1. The summed E-state index contributed by atoms with van der Waals surface area (Å²) in [5, 5.41) is 23.4. The second-order valence-corrected chi connectivity index (χ2v) is 7.00. The van der Waals surface area contributed by atoms with E-state index in [1.165, 1.54) is 18.0 Å². The number of carboxylic acids is 1. The van der Waals surface area contributed by atoms with E-state index in [0.29, 0.717) is 17.0 Å². The summed E-state index contributed by atoms with van der Waals surface area (Å²) in [5.41, 5.74) is 2.68. The third-order valence-corrected chi connectivity index (χ3v) is 4.77. The fourth-order valence-electron chi connectivity index (χ4n) is 3.02. The lowest BCUT2D eigenvalue weighted by Crippen LogP contribution is -2.40. The molecule has 3 rings (SSSR count). The van der Waals surface area contributed by atoms with Gasteiger partial charge in [0.25, 0.3) is 0 Å². The molecule has 0 bridgehead atoms. The Labute approximate surface area is 173 Å². The van der Waals surface area contributed by atoms with Crippen molar-refractivity contribution in [2.24, 2.45) is 0 Å². The number of nitrogens with one attached hydrogen (secondary N) is 2. The number of rotatable bonds is 7. The molecule has 2 aromatic carbocycles. The number of aromatic nitrogens is 1. The van der Waals surface area contributed by atoms with Crippen LogP contribution in [0.2, 0.25) is 0 Å². The Bertz CT molecular complexity index is 1040. The summed E-state index contributed by atoms with van der Waals surface area (Å²) in [6.07, 6.45) is 0. The highest BCUT2D eigenvalue weighted by atomic mass is 19.1. The first-order chi connectivity index (χ1) is 14.3. The molecular formula is C22H23FN4O3. The summed E-state index contributed by atoms with van der Waals surface area (Å²) in [7, 11) is 1.51. The Kier molecular flexibility index (Phi) is 6.46. The smallest absolute Gasteiger partial charge is 0.323 e. The molecule has 0 saturated carbocycles. The molecular weight excluding hydrogens is 387 g/mol. The predicted octanol–water partition coefficient (Wildman–Crippen LogP) is 3.67. The van der Waals surface area contributed by atoms with Crippen molar-refractivity contribution in [2.75, 3.05) is 13.6 Å². The van der Waals surface area contributed by atoms with Crippen LogP contribution in [-0.4, -0.2) is 40.7 Å². The van der Waals surface area contributed by atoms with Crippen LogP contribution in [0, 0.1) is 11.2 Å². The van der Waals surface area contributed by atoms with Crippen molar-refractivity contribution < 1.29 is 18.8 Å². The van der Waals surface area contributed by atoms with E-state index in [2.05, 4.69) is 10.5 Å². The largest absolute Gasteiger partial charge is 0.480 e. The topological polar surface area (TPSA) is 102 Å². The van der Waals surface area contributed by atoms with Crippen molar-refractivity contribution in [2.45, 2.75) is 19.4 Å². The van der Waals surface area contributed by atoms with Gasteiger partial charge in [-0.05, 0) is 17.2 Å². The molecule has 8 heteroatoms. The highest BCUT2D eigenvalue weighted by Crippen LogP contribution is 2.29. The van der Waals surface area contributed by atoms with Gasteiger partial charge in [-0.3, -0.25) is 10.2 Å². The minimum absolute atomic E-state index is 0.0337. The molecule has 0 amide bonds. The molecule has 0 spiro atoms. The van der Waals surface area contributed by atoms with Gasteiger partial charge in [0.15, 0.2) is 5.96 Å². The number of nitrogens with zero attached hydrogens (tertiary/aromatic N) is 2. The molecule has 1 unspecified atom stereocenters. The number of aliphatic carboxylic acids is 1. The maximum absolute atomic E-state index is 14.7. The van der Waals surface area contributed by atoms with Crippen LogP contribution < -0.4 is 5.32 Å². The summed E-state index contributed by atoms with van der Waals surface area (Å²) >= 11 is 0. The first-order valence-corrected chi connectivity index (χ1v) is 9.41. The molecule has 3 aromatic rings. The lowest BCUT2D eigenvalue weighted by molar-refractivity contribution is -0.137. The van der Waals surface area contributed by atoms with Gasteiger partial charge in [-0.15, -0.1) is 0 Å². The Morgan fingerprint density at radius 3 is 2.67 bits per heavy atom. The van der Waals surface area contributed by atoms with Gasteiger partial charge in [0, 0.05) is 24.6 Å². The van der Waals surface area contributed by atoms with Gasteiger partial charge in [0.2, 0.25) is 0 Å². The summed E-state index contributed by atoms with van der Waals surface area (Å²) in [6.45, 7) is 1.83. The Morgan fingerprint density at radius 2 is 2.00 bits per heavy atom. The van der Waals surface area contributed by atoms with Crippen molar-refractivity contribution in [3.63, 3.8) is 0 Å². The second kappa shape index (κ2) is 9.21.